The van der Waals surface area contributed by atoms with E-state index in [4.69, 9.17) is 4.98 Å². The van der Waals surface area contributed by atoms with Gasteiger partial charge in [-0.3, -0.25) is 9.98 Å². The molecule has 1 aromatic heterocycles. The third kappa shape index (κ3) is 2.88. The Balaban J connectivity index is 1.65. The largest absolute Gasteiger partial charge is 0.351 e. The zero-order valence-electron chi connectivity index (χ0n) is 11.7. The fourth-order valence-corrected chi connectivity index (χ4v) is 2.81. The summed E-state index contributed by atoms with van der Waals surface area (Å²) in [5.74, 6) is 1.01. The van der Waals surface area contributed by atoms with Crippen LogP contribution in [0.4, 0.5) is 0 Å². The highest BCUT2D eigenvalue weighted by Crippen LogP contribution is 2.19. The van der Waals surface area contributed by atoms with Crippen LogP contribution in [0.15, 0.2) is 17.1 Å². The molecular weight excluding hydrogens is 236 g/mol. The minimum Gasteiger partial charge on any atom is -0.351 e. The van der Waals surface area contributed by atoms with Crippen molar-refractivity contribution in [1.82, 2.24) is 15.2 Å². The first kappa shape index (κ1) is 12.5. The van der Waals surface area contributed by atoms with E-state index in [0.717, 1.165) is 44.1 Å². The number of aromatic nitrogens is 1. The summed E-state index contributed by atoms with van der Waals surface area (Å²) in [6.07, 6.45) is 6.09. The van der Waals surface area contributed by atoms with Crippen LogP contribution in [0.25, 0.3) is 0 Å². The van der Waals surface area contributed by atoms with Crippen LogP contribution in [-0.4, -0.2) is 36.0 Å². The summed E-state index contributed by atoms with van der Waals surface area (Å²) >= 11 is 0. The van der Waals surface area contributed by atoms with Gasteiger partial charge >= 0.3 is 0 Å². The molecule has 4 nitrogen and oxygen atoms in total. The lowest BCUT2D eigenvalue weighted by atomic mass is 9.96. The molecule has 1 N–H and O–H groups in total. The summed E-state index contributed by atoms with van der Waals surface area (Å²) in [7, 11) is 2.09. The van der Waals surface area contributed by atoms with E-state index in [9.17, 15) is 0 Å². The maximum atomic E-state index is 4.79. The molecule has 4 heteroatoms. The van der Waals surface area contributed by atoms with Crippen molar-refractivity contribution in [3.63, 3.8) is 0 Å². The zero-order chi connectivity index (χ0) is 13.1. The first-order chi connectivity index (χ1) is 9.33. The van der Waals surface area contributed by atoms with Gasteiger partial charge in [-0.05, 0) is 43.7 Å². The van der Waals surface area contributed by atoms with E-state index in [2.05, 4.69) is 34.4 Å². The SMILES string of the molecule is CN1CCCN=C1NCc1ccc2c(n1)CCCC2. The zero-order valence-corrected chi connectivity index (χ0v) is 11.7. The maximum Gasteiger partial charge on any atom is 0.193 e. The van der Waals surface area contributed by atoms with Crippen LogP contribution in [0, 0.1) is 0 Å². The summed E-state index contributed by atoms with van der Waals surface area (Å²) in [5, 5.41) is 3.41. The highest BCUT2D eigenvalue weighted by molar-refractivity contribution is 5.80. The lowest BCUT2D eigenvalue weighted by Gasteiger charge is -2.25. The van der Waals surface area contributed by atoms with Crippen molar-refractivity contribution in [2.75, 3.05) is 20.1 Å². The fourth-order valence-electron chi connectivity index (χ4n) is 2.81. The molecule has 0 aromatic carbocycles. The topological polar surface area (TPSA) is 40.5 Å². The van der Waals surface area contributed by atoms with Crippen LogP contribution in [0.5, 0.6) is 0 Å². The summed E-state index contributed by atoms with van der Waals surface area (Å²) in [6.45, 7) is 2.80. The second-order valence-corrected chi connectivity index (χ2v) is 5.45. The van der Waals surface area contributed by atoms with E-state index in [1.807, 2.05) is 0 Å². The van der Waals surface area contributed by atoms with Crippen LogP contribution in [-0.2, 0) is 19.4 Å². The molecule has 0 radical (unpaired) electrons. The lowest BCUT2D eigenvalue weighted by Crippen LogP contribution is -2.41. The van der Waals surface area contributed by atoms with Crippen LogP contribution in [0.3, 0.4) is 0 Å². The number of aryl methyl sites for hydroxylation is 2. The van der Waals surface area contributed by atoms with E-state index >= 15 is 0 Å². The normalized spacial score (nSPS) is 18.8. The van der Waals surface area contributed by atoms with E-state index in [-0.39, 0.29) is 0 Å². The number of fused-ring (bicyclic) bond motifs is 1. The van der Waals surface area contributed by atoms with Crippen LogP contribution in [0.2, 0.25) is 0 Å². The molecule has 19 heavy (non-hydrogen) atoms. The Morgan fingerprint density at radius 2 is 2.11 bits per heavy atom. The molecule has 0 atom stereocenters. The summed E-state index contributed by atoms with van der Waals surface area (Å²) < 4.78 is 0. The molecule has 1 aliphatic heterocycles. The average molecular weight is 258 g/mol. The van der Waals surface area contributed by atoms with Gasteiger partial charge in [0.1, 0.15) is 0 Å². The molecule has 0 bridgehead atoms. The Morgan fingerprint density at radius 1 is 1.21 bits per heavy atom. The molecule has 102 valence electrons. The molecule has 0 fully saturated rings. The van der Waals surface area contributed by atoms with Gasteiger partial charge in [-0.1, -0.05) is 6.07 Å². The van der Waals surface area contributed by atoms with Crippen molar-refractivity contribution < 1.29 is 0 Å². The Bertz CT molecular complexity index is 481. The van der Waals surface area contributed by atoms with Gasteiger partial charge in [-0.25, -0.2) is 0 Å². The summed E-state index contributed by atoms with van der Waals surface area (Å²) in [6, 6.07) is 4.41. The predicted octanol–water partition coefficient (Wildman–Crippen LogP) is 1.74. The summed E-state index contributed by atoms with van der Waals surface area (Å²) in [5.41, 5.74) is 3.88. The van der Waals surface area contributed by atoms with Crippen molar-refractivity contribution >= 4 is 5.96 Å². The van der Waals surface area contributed by atoms with Crippen molar-refractivity contribution in [3.8, 4) is 0 Å². The van der Waals surface area contributed by atoms with E-state index < -0.39 is 0 Å². The minimum atomic E-state index is 0.774. The average Bonchev–Trinajstić information content (AvgIpc) is 2.46. The smallest absolute Gasteiger partial charge is 0.193 e. The van der Waals surface area contributed by atoms with Gasteiger partial charge in [-0.2, -0.15) is 0 Å². The third-order valence-corrected chi connectivity index (χ3v) is 3.94. The van der Waals surface area contributed by atoms with Crippen molar-refractivity contribution in [1.29, 1.82) is 0 Å². The van der Waals surface area contributed by atoms with Gasteiger partial charge in [0.2, 0.25) is 0 Å². The van der Waals surface area contributed by atoms with Crippen molar-refractivity contribution in [2.24, 2.45) is 4.99 Å². The quantitative estimate of drug-likeness (QED) is 0.878. The Kier molecular flexibility index (Phi) is 3.67. The molecule has 0 saturated carbocycles. The number of guanidine groups is 1. The van der Waals surface area contributed by atoms with Gasteiger partial charge in [0, 0.05) is 25.8 Å². The molecule has 0 saturated heterocycles. The molecule has 1 aliphatic carbocycles. The molecule has 2 heterocycles. The van der Waals surface area contributed by atoms with E-state index in [1.165, 1.54) is 30.5 Å². The molecule has 1 aromatic rings. The lowest BCUT2D eigenvalue weighted by molar-refractivity contribution is 0.445. The number of nitrogens with one attached hydrogen (secondary N) is 1. The fraction of sp³-hybridized carbons (Fsp3) is 0.600. The highest BCUT2D eigenvalue weighted by atomic mass is 15.3. The monoisotopic (exact) mass is 258 g/mol. The van der Waals surface area contributed by atoms with Crippen LogP contribution >= 0.6 is 0 Å². The van der Waals surface area contributed by atoms with Crippen molar-refractivity contribution in [3.05, 3.63) is 29.1 Å². The van der Waals surface area contributed by atoms with E-state index in [0.29, 0.717) is 0 Å². The standard InChI is InChI=1S/C15H22N4/c1-19-10-4-9-16-15(19)17-11-13-8-7-12-5-2-3-6-14(12)18-13/h7-8H,2-6,9-11H2,1H3,(H,16,17). The van der Waals surface area contributed by atoms with Crippen LogP contribution in [0.1, 0.15) is 36.2 Å². The number of aliphatic imine (C=N–C) groups is 1. The number of rotatable bonds is 2. The van der Waals surface area contributed by atoms with Gasteiger partial charge < -0.3 is 10.2 Å². The second kappa shape index (κ2) is 5.59. The molecule has 0 amide bonds. The highest BCUT2D eigenvalue weighted by Gasteiger charge is 2.13. The number of nitrogens with zero attached hydrogens (tertiary/aromatic N) is 3. The Hall–Kier alpha value is -1.58. The third-order valence-electron chi connectivity index (χ3n) is 3.94. The second-order valence-electron chi connectivity index (χ2n) is 5.45. The van der Waals surface area contributed by atoms with Gasteiger partial charge in [-0.15, -0.1) is 0 Å². The number of pyridine rings is 1. The first-order valence-electron chi connectivity index (χ1n) is 7.30. The Labute approximate surface area is 114 Å². The molecule has 3 rings (SSSR count). The molecule has 0 spiro atoms. The Morgan fingerprint density at radius 3 is 3.00 bits per heavy atom. The summed E-state index contributed by atoms with van der Waals surface area (Å²) in [4.78, 5) is 11.5. The van der Waals surface area contributed by atoms with Crippen LogP contribution < -0.4 is 5.32 Å². The molecular formula is C15H22N4. The molecule has 0 unspecified atom stereocenters. The first-order valence-corrected chi connectivity index (χ1v) is 7.30. The predicted molar refractivity (Wildman–Crippen MR) is 77.3 cm³/mol. The maximum absolute atomic E-state index is 4.79. The van der Waals surface area contributed by atoms with Gasteiger partial charge in [0.15, 0.2) is 5.96 Å². The van der Waals surface area contributed by atoms with Gasteiger partial charge in [0.25, 0.3) is 0 Å². The van der Waals surface area contributed by atoms with Gasteiger partial charge in [0.05, 0.1) is 12.2 Å². The number of hydrogen-bond donors (Lipinski definition) is 1. The molecule has 2 aliphatic rings. The van der Waals surface area contributed by atoms with Crippen molar-refractivity contribution in [2.45, 2.75) is 38.6 Å². The van der Waals surface area contributed by atoms with E-state index in [1.54, 1.807) is 0 Å². The minimum absolute atomic E-state index is 0.774. The number of hydrogen-bond acceptors (Lipinski definition) is 4.